The summed E-state index contributed by atoms with van der Waals surface area (Å²) in [4.78, 5) is 4.74. The van der Waals surface area contributed by atoms with Gasteiger partial charge in [-0.3, -0.25) is 0 Å². The molecule has 1 heterocycles. The standard InChI is InChI=1S/C16H24N2O/c1-12(2)8-9-18-15-7-6-13(3)11-14(15)17-16(18)5-4-10-19/h6-7,11-12,19H,4-5,8-10H2,1-3H3. The van der Waals surface area contributed by atoms with E-state index in [0.717, 1.165) is 37.1 Å². The van der Waals surface area contributed by atoms with Crippen molar-refractivity contribution in [3.8, 4) is 0 Å². The molecule has 0 unspecified atom stereocenters. The highest BCUT2D eigenvalue weighted by Gasteiger charge is 2.10. The summed E-state index contributed by atoms with van der Waals surface area (Å²) in [7, 11) is 0. The molecule has 2 rings (SSSR count). The molecule has 0 saturated heterocycles. The summed E-state index contributed by atoms with van der Waals surface area (Å²) in [5.74, 6) is 1.80. The van der Waals surface area contributed by atoms with Gasteiger partial charge < -0.3 is 9.67 Å². The molecule has 0 aliphatic rings. The molecular weight excluding hydrogens is 236 g/mol. The van der Waals surface area contributed by atoms with E-state index < -0.39 is 0 Å². The predicted molar refractivity (Wildman–Crippen MR) is 79.3 cm³/mol. The second kappa shape index (κ2) is 6.20. The lowest BCUT2D eigenvalue weighted by Crippen LogP contribution is -2.07. The van der Waals surface area contributed by atoms with Gasteiger partial charge >= 0.3 is 0 Å². The number of aryl methyl sites for hydroxylation is 3. The van der Waals surface area contributed by atoms with Crippen molar-refractivity contribution >= 4 is 11.0 Å². The number of nitrogens with zero attached hydrogens (tertiary/aromatic N) is 2. The van der Waals surface area contributed by atoms with Gasteiger partial charge in [0.05, 0.1) is 11.0 Å². The Hall–Kier alpha value is -1.35. The SMILES string of the molecule is Cc1ccc2c(c1)nc(CCCO)n2CCC(C)C. The molecule has 1 aromatic carbocycles. The Labute approximate surface area is 115 Å². The summed E-state index contributed by atoms with van der Waals surface area (Å²) >= 11 is 0. The fourth-order valence-corrected chi connectivity index (χ4v) is 2.35. The Morgan fingerprint density at radius 1 is 1.32 bits per heavy atom. The van der Waals surface area contributed by atoms with E-state index in [-0.39, 0.29) is 6.61 Å². The lowest BCUT2D eigenvalue weighted by Gasteiger charge is -2.10. The first-order valence-electron chi connectivity index (χ1n) is 7.18. The molecule has 0 aliphatic heterocycles. The zero-order valence-electron chi connectivity index (χ0n) is 12.2. The van der Waals surface area contributed by atoms with Crippen molar-refractivity contribution in [2.45, 2.75) is 46.6 Å². The fraction of sp³-hybridized carbons (Fsp3) is 0.562. The van der Waals surface area contributed by atoms with Crippen LogP contribution in [0, 0.1) is 12.8 Å². The average Bonchev–Trinajstić information content (AvgIpc) is 2.70. The molecule has 0 amide bonds. The normalized spacial score (nSPS) is 11.6. The van der Waals surface area contributed by atoms with Crippen molar-refractivity contribution in [2.24, 2.45) is 5.92 Å². The minimum atomic E-state index is 0.229. The molecule has 3 heteroatoms. The molecule has 1 N–H and O–H groups in total. The summed E-state index contributed by atoms with van der Waals surface area (Å²) < 4.78 is 2.32. The molecule has 0 aliphatic carbocycles. The fourth-order valence-electron chi connectivity index (χ4n) is 2.35. The van der Waals surface area contributed by atoms with Crippen LogP contribution in [0.5, 0.6) is 0 Å². The number of fused-ring (bicyclic) bond motifs is 1. The van der Waals surface area contributed by atoms with Crippen LogP contribution in [0.1, 0.15) is 38.1 Å². The van der Waals surface area contributed by atoms with Gasteiger partial charge in [0.15, 0.2) is 0 Å². The molecule has 0 radical (unpaired) electrons. The maximum absolute atomic E-state index is 9.02. The topological polar surface area (TPSA) is 38.1 Å². The van der Waals surface area contributed by atoms with E-state index in [2.05, 4.69) is 43.5 Å². The number of aromatic nitrogens is 2. The zero-order chi connectivity index (χ0) is 13.8. The smallest absolute Gasteiger partial charge is 0.109 e. The molecule has 0 atom stereocenters. The van der Waals surface area contributed by atoms with Gasteiger partial charge in [-0.2, -0.15) is 0 Å². The zero-order valence-corrected chi connectivity index (χ0v) is 12.2. The van der Waals surface area contributed by atoms with Gasteiger partial charge in [0.1, 0.15) is 5.82 Å². The van der Waals surface area contributed by atoms with Crippen LogP contribution in [-0.4, -0.2) is 21.3 Å². The van der Waals surface area contributed by atoms with E-state index in [1.807, 2.05) is 0 Å². The Bertz CT molecular complexity index is 543. The van der Waals surface area contributed by atoms with E-state index in [1.54, 1.807) is 0 Å². The van der Waals surface area contributed by atoms with Gasteiger partial charge in [-0.05, 0) is 43.4 Å². The number of hydrogen-bond donors (Lipinski definition) is 1. The van der Waals surface area contributed by atoms with E-state index in [1.165, 1.54) is 11.1 Å². The molecule has 0 saturated carbocycles. The minimum absolute atomic E-state index is 0.229. The molecule has 1 aromatic heterocycles. The van der Waals surface area contributed by atoms with Crippen molar-refractivity contribution in [3.63, 3.8) is 0 Å². The molecule has 0 bridgehead atoms. The van der Waals surface area contributed by atoms with Crippen LogP contribution in [0.2, 0.25) is 0 Å². The molecule has 3 nitrogen and oxygen atoms in total. The lowest BCUT2D eigenvalue weighted by atomic mass is 10.1. The van der Waals surface area contributed by atoms with Crippen LogP contribution in [0.4, 0.5) is 0 Å². The van der Waals surface area contributed by atoms with E-state index in [0.29, 0.717) is 5.92 Å². The summed E-state index contributed by atoms with van der Waals surface area (Å²) in [6.45, 7) is 7.83. The number of rotatable bonds is 6. The van der Waals surface area contributed by atoms with Crippen LogP contribution < -0.4 is 0 Å². The van der Waals surface area contributed by atoms with Gasteiger partial charge in [-0.1, -0.05) is 19.9 Å². The largest absolute Gasteiger partial charge is 0.396 e. The van der Waals surface area contributed by atoms with Crippen LogP contribution in [0.3, 0.4) is 0 Å². The van der Waals surface area contributed by atoms with Crippen molar-refractivity contribution in [2.75, 3.05) is 6.61 Å². The molecule has 0 fully saturated rings. The highest BCUT2D eigenvalue weighted by atomic mass is 16.2. The second-order valence-electron chi connectivity index (χ2n) is 5.68. The van der Waals surface area contributed by atoms with Crippen LogP contribution in [0.15, 0.2) is 18.2 Å². The first-order valence-corrected chi connectivity index (χ1v) is 7.18. The molecule has 0 spiro atoms. The number of aliphatic hydroxyl groups is 1. The monoisotopic (exact) mass is 260 g/mol. The summed E-state index contributed by atoms with van der Waals surface area (Å²) in [6.07, 6.45) is 2.79. The third kappa shape index (κ3) is 3.35. The number of imidazole rings is 1. The number of benzene rings is 1. The van der Waals surface area contributed by atoms with Gasteiger partial charge in [-0.15, -0.1) is 0 Å². The van der Waals surface area contributed by atoms with Crippen molar-refractivity contribution < 1.29 is 5.11 Å². The van der Waals surface area contributed by atoms with Crippen molar-refractivity contribution in [1.29, 1.82) is 0 Å². The van der Waals surface area contributed by atoms with E-state index >= 15 is 0 Å². The Kier molecular flexibility index (Phi) is 4.59. The molecule has 19 heavy (non-hydrogen) atoms. The first kappa shape index (κ1) is 14.1. The van der Waals surface area contributed by atoms with Crippen molar-refractivity contribution in [3.05, 3.63) is 29.6 Å². The molecule has 104 valence electrons. The highest BCUT2D eigenvalue weighted by molar-refractivity contribution is 5.76. The average molecular weight is 260 g/mol. The first-order chi connectivity index (χ1) is 9.11. The highest BCUT2D eigenvalue weighted by Crippen LogP contribution is 2.20. The third-order valence-corrected chi connectivity index (χ3v) is 3.47. The maximum Gasteiger partial charge on any atom is 0.109 e. The number of aliphatic hydroxyl groups excluding tert-OH is 1. The quantitative estimate of drug-likeness (QED) is 0.865. The molecular formula is C16H24N2O. The van der Waals surface area contributed by atoms with Crippen LogP contribution in [-0.2, 0) is 13.0 Å². The maximum atomic E-state index is 9.02. The van der Waals surface area contributed by atoms with E-state index in [4.69, 9.17) is 10.1 Å². The Morgan fingerprint density at radius 2 is 2.11 bits per heavy atom. The van der Waals surface area contributed by atoms with Crippen LogP contribution >= 0.6 is 0 Å². The van der Waals surface area contributed by atoms with Gasteiger partial charge in [-0.25, -0.2) is 4.98 Å². The Balaban J connectivity index is 2.36. The Morgan fingerprint density at radius 3 is 2.79 bits per heavy atom. The molecule has 2 aromatic rings. The lowest BCUT2D eigenvalue weighted by molar-refractivity contribution is 0.286. The van der Waals surface area contributed by atoms with Gasteiger partial charge in [0, 0.05) is 19.6 Å². The second-order valence-corrected chi connectivity index (χ2v) is 5.68. The summed E-state index contributed by atoms with van der Waals surface area (Å²) in [5.41, 5.74) is 3.55. The minimum Gasteiger partial charge on any atom is -0.396 e. The third-order valence-electron chi connectivity index (χ3n) is 3.47. The summed E-state index contributed by atoms with van der Waals surface area (Å²) in [5, 5.41) is 9.02. The predicted octanol–water partition coefficient (Wildman–Crippen LogP) is 3.32. The van der Waals surface area contributed by atoms with E-state index in [9.17, 15) is 0 Å². The van der Waals surface area contributed by atoms with Gasteiger partial charge in [0.2, 0.25) is 0 Å². The van der Waals surface area contributed by atoms with Crippen molar-refractivity contribution in [1.82, 2.24) is 9.55 Å². The summed E-state index contributed by atoms with van der Waals surface area (Å²) in [6, 6.07) is 6.45. The number of hydrogen-bond acceptors (Lipinski definition) is 2. The van der Waals surface area contributed by atoms with Crippen LogP contribution in [0.25, 0.3) is 11.0 Å². The van der Waals surface area contributed by atoms with Gasteiger partial charge in [0.25, 0.3) is 0 Å².